The highest BCUT2D eigenvalue weighted by molar-refractivity contribution is 5.96. The third kappa shape index (κ3) is 7.64. The molecule has 6 N–H and O–H groups in total. The number of carboxylic acid groups (broad SMARTS) is 1. The van der Waals surface area contributed by atoms with Crippen LogP contribution in [-0.4, -0.2) is 93.4 Å². The molecule has 2 aliphatic heterocycles. The summed E-state index contributed by atoms with van der Waals surface area (Å²) in [6.07, 6.45) is 2.37. The van der Waals surface area contributed by atoms with Gasteiger partial charge in [-0.3, -0.25) is 24.0 Å². The van der Waals surface area contributed by atoms with Crippen LogP contribution in [0.3, 0.4) is 0 Å². The van der Waals surface area contributed by atoms with Crippen molar-refractivity contribution in [2.45, 2.75) is 62.7 Å². The number of nitrogens with zero attached hydrogens (tertiary/aromatic N) is 2. The molecule has 0 aromatic heterocycles. The Labute approximate surface area is 243 Å². The van der Waals surface area contributed by atoms with Crippen molar-refractivity contribution in [3.8, 4) is 5.75 Å². The van der Waals surface area contributed by atoms with Crippen LogP contribution >= 0.6 is 0 Å². The number of carbonyl (C=O) groups is 5. The van der Waals surface area contributed by atoms with Gasteiger partial charge in [0.15, 0.2) is 0 Å². The van der Waals surface area contributed by atoms with Gasteiger partial charge in [-0.25, -0.2) is 0 Å². The van der Waals surface area contributed by atoms with E-state index in [0.29, 0.717) is 38.8 Å². The minimum Gasteiger partial charge on any atom is -0.508 e. The number of hydrogen-bond acceptors (Lipinski definition) is 7. The third-order valence-electron chi connectivity index (χ3n) is 7.70. The smallest absolute Gasteiger partial charge is 0.322 e. The monoisotopic (exact) mass is 579 g/mol. The van der Waals surface area contributed by atoms with Gasteiger partial charge in [0.05, 0.1) is 6.04 Å². The van der Waals surface area contributed by atoms with Gasteiger partial charge < -0.3 is 36.4 Å². The second kappa shape index (κ2) is 13.9. The largest absolute Gasteiger partial charge is 0.508 e. The van der Waals surface area contributed by atoms with E-state index < -0.39 is 54.4 Å². The van der Waals surface area contributed by atoms with E-state index in [0.717, 1.165) is 11.1 Å². The average molecular weight is 580 g/mol. The molecule has 4 amide bonds. The molecule has 0 saturated carbocycles. The molecule has 0 spiro atoms. The number of hydrogen-bond donors (Lipinski definition) is 5. The first kappa shape index (κ1) is 30.5. The molecule has 224 valence electrons. The normalized spacial score (nSPS) is 19.6. The second-order valence-corrected chi connectivity index (χ2v) is 10.7. The van der Waals surface area contributed by atoms with Gasteiger partial charge in [0.1, 0.15) is 30.4 Å². The fourth-order valence-electron chi connectivity index (χ4n) is 5.59. The summed E-state index contributed by atoms with van der Waals surface area (Å²) >= 11 is 0. The summed E-state index contributed by atoms with van der Waals surface area (Å²) < 4.78 is 0. The van der Waals surface area contributed by atoms with E-state index >= 15 is 0 Å². The van der Waals surface area contributed by atoms with Crippen molar-refractivity contribution in [1.82, 2.24) is 20.4 Å². The Morgan fingerprint density at radius 2 is 1.38 bits per heavy atom. The minimum atomic E-state index is -1.19. The molecule has 0 aliphatic carbocycles. The maximum absolute atomic E-state index is 13.8. The van der Waals surface area contributed by atoms with E-state index in [1.165, 1.54) is 21.9 Å². The van der Waals surface area contributed by atoms with Gasteiger partial charge in [-0.1, -0.05) is 42.5 Å². The van der Waals surface area contributed by atoms with Crippen LogP contribution < -0.4 is 16.4 Å². The van der Waals surface area contributed by atoms with E-state index in [4.69, 9.17) is 10.8 Å². The molecule has 2 heterocycles. The van der Waals surface area contributed by atoms with Gasteiger partial charge in [0.25, 0.3) is 0 Å². The molecule has 2 aromatic carbocycles. The van der Waals surface area contributed by atoms with Crippen LogP contribution in [0, 0.1) is 0 Å². The van der Waals surface area contributed by atoms with Crippen LogP contribution in [0.25, 0.3) is 0 Å². The molecule has 0 bridgehead atoms. The molecule has 2 aromatic rings. The molecule has 12 heteroatoms. The van der Waals surface area contributed by atoms with Gasteiger partial charge in [-0.15, -0.1) is 0 Å². The van der Waals surface area contributed by atoms with Crippen LogP contribution in [0.1, 0.15) is 36.8 Å². The first-order chi connectivity index (χ1) is 20.1. The summed E-state index contributed by atoms with van der Waals surface area (Å²) in [5.41, 5.74) is 7.81. The quantitative estimate of drug-likeness (QED) is 0.250. The Balaban J connectivity index is 1.47. The Morgan fingerprint density at radius 3 is 2.00 bits per heavy atom. The van der Waals surface area contributed by atoms with Gasteiger partial charge in [-0.2, -0.15) is 0 Å². The van der Waals surface area contributed by atoms with Crippen LogP contribution in [-0.2, 0) is 36.8 Å². The number of likely N-dealkylation sites (tertiary alicyclic amines) is 2. The Morgan fingerprint density at radius 1 is 0.810 bits per heavy atom. The van der Waals surface area contributed by atoms with Crippen LogP contribution in [0.2, 0.25) is 0 Å². The van der Waals surface area contributed by atoms with Crippen LogP contribution in [0.5, 0.6) is 5.75 Å². The average Bonchev–Trinajstić information content (AvgIpc) is 3.67. The van der Waals surface area contributed by atoms with Gasteiger partial charge in [-0.05, 0) is 55.4 Å². The number of carbonyl (C=O) groups excluding carboxylic acids is 4. The van der Waals surface area contributed by atoms with Crippen molar-refractivity contribution in [1.29, 1.82) is 0 Å². The molecular formula is C30H37N5O7. The van der Waals surface area contributed by atoms with Crippen LogP contribution in [0.15, 0.2) is 54.6 Å². The highest BCUT2D eigenvalue weighted by Gasteiger charge is 2.41. The molecule has 2 aliphatic rings. The number of carboxylic acids is 1. The summed E-state index contributed by atoms with van der Waals surface area (Å²) in [7, 11) is 0. The lowest BCUT2D eigenvalue weighted by molar-refractivity contribution is -0.144. The predicted octanol–water partition coefficient (Wildman–Crippen LogP) is 0.172. The lowest BCUT2D eigenvalue weighted by atomic mass is 10.0. The number of amides is 4. The van der Waals surface area contributed by atoms with Gasteiger partial charge >= 0.3 is 5.97 Å². The fraction of sp³-hybridized carbons (Fsp3) is 0.433. The first-order valence-corrected chi connectivity index (χ1v) is 14.1. The molecule has 12 nitrogen and oxygen atoms in total. The van der Waals surface area contributed by atoms with Crippen molar-refractivity contribution >= 4 is 29.6 Å². The summed E-state index contributed by atoms with van der Waals surface area (Å²) in [6, 6.07) is 12.0. The van der Waals surface area contributed by atoms with E-state index in [1.54, 1.807) is 12.1 Å². The molecule has 4 rings (SSSR count). The molecule has 2 fully saturated rings. The van der Waals surface area contributed by atoms with Crippen molar-refractivity contribution < 1.29 is 34.2 Å². The number of nitrogens with one attached hydrogen (secondary N) is 2. The minimum absolute atomic E-state index is 0.107. The number of phenolic OH excluding ortho intramolecular Hbond substituents is 1. The van der Waals surface area contributed by atoms with Gasteiger partial charge in [0.2, 0.25) is 23.6 Å². The molecule has 2 saturated heterocycles. The summed E-state index contributed by atoms with van der Waals surface area (Å²) in [5.74, 6) is -2.93. The van der Waals surface area contributed by atoms with E-state index in [-0.39, 0.29) is 24.5 Å². The number of nitrogens with two attached hydrogens (primary N) is 1. The highest BCUT2D eigenvalue weighted by Crippen LogP contribution is 2.22. The highest BCUT2D eigenvalue weighted by atomic mass is 16.4. The first-order valence-electron chi connectivity index (χ1n) is 14.1. The zero-order chi connectivity index (χ0) is 30.2. The zero-order valence-corrected chi connectivity index (χ0v) is 23.3. The SMILES string of the molecule is N[C@@H](Cc1ccc(O)cc1)C(=O)N1CCCC1C(=O)N[C@@H](Cc1ccccc1)C(=O)N1CCC[C@H]1C(=O)NCC(=O)O. The van der Waals surface area contributed by atoms with Crippen molar-refractivity contribution in [3.63, 3.8) is 0 Å². The fourth-order valence-corrected chi connectivity index (χ4v) is 5.59. The summed E-state index contributed by atoms with van der Waals surface area (Å²) in [4.78, 5) is 67.2. The van der Waals surface area contributed by atoms with Crippen LogP contribution in [0.4, 0.5) is 0 Å². The lowest BCUT2D eigenvalue weighted by Gasteiger charge is -2.31. The molecule has 42 heavy (non-hydrogen) atoms. The van der Waals surface area contributed by atoms with E-state index in [1.807, 2.05) is 30.3 Å². The number of aromatic hydroxyl groups is 1. The molecule has 1 unspecified atom stereocenters. The number of benzene rings is 2. The van der Waals surface area contributed by atoms with Crippen molar-refractivity contribution in [3.05, 3.63) is 65.7 Å². The number of aliphatic carboxylic acids is 1. The summed E-state index contributed by atoms with van der Waals surface area (Å²) in [6.45, 7) is 0.0999. The van der Waals surface area contributed by atoms with E-state index in [2.05, 4.69) is 10.6 Å². The van der Waals surface area contributed by atoms with Crippen molar-refractivity contribution in [2.75, 3.05) is 19.6 Å². The number of phenols is 1. The third-order valence-corrected chi connectivity index (χ3v) is 7.70. The zero-order valence-electron chi connectivity index (χ0n) is 23.3. The van der Waals surface area contributed by atoms with Crippen molar-refractivity contribution in [2.24, 2.45) is 5.73 Å². The molecule has 4 atom stereocenters. The molecular weight excluding hydrogens is 542 g/mol. The lowest BCUT2D eigenvalue weighted by Crippen LogP contribution is -2.58. The Hall–Kier alpha value is -4.45. The topological polar surface area (TPSA) is 182 Å². The Kier molecular flexibility index (Phi) is 10.1. The molecule has 0 radical (unpaired) electrons. The maximum atomic E-state index is 13.8. The van der Waals surface area contributed by atoms with Gasteiger partial charge in [0, 0.05) is 19.5 Å². The maximum Gasteiger partial charge on any atom is 0.322 e. The standard InChI is InChI=1S/C30H37N5O7/c31-22(16-20-10-12-21(36)13-11-20)29(41)34-14-5-9-25(34)28(40)33-23(17-19-6-2-1-3-7-19)30(42)35-15-4-8-24(35)27(39)32-18-26(37)38/h1-3,6-7,10-13,22-25,36H,4-5,8-9,14-18,31H2,(H,32,39)(H,33,40)(H,37,38)/t22-,23-,24-,25?/m0/s1. The van der Waals surface area contributed by atoms with E-state index in [9.17, 15) is 29.1 Å². The number of rotatable bonds is 11. The summed E-state index contributed by atoms with van der Waals surface area (Å²) in [5, 5.41) is 23.6. The Bertz CT molecular complexity index is 1290. The second-order valence-electron chi connectivity index (χ2n) is 10.7. The predicted molar refractivity (Wildman–Crippen MR) is 152 cm³/mol.